The first-order chi connectivity index (χ1) is 17.9. The molecule has 3 aromatic rings. The van der Waals surface area contributed by atoms with Crippen LogP contribution in [0.1, 0.15) is 48.4 Å². The maximum atomic E-state index is 12.8. The van der Waals surface area contributed by atoms with E-state index < -0.39 is 29.7 Å². The number of carbonyl (C=O) groups excluding carboxylic acids is 2. The van der Waals surface area contributed by atoms with Crippen molar-refractivity contribution in [1.29, 1.82) is 0 Å². The highest BCUT2D eigenvalue weighted by Gasteiger charge is 2.27. The van der Waals surface area contributed by atoms with Gasteiger partial charge in [-0.1, -0.05) is 12.1 Å². The minimum atomic E-state index is -1.21. The molecular weight excluding hydrogens is 494 g/mol. The van der Waals surface area contributed by atoms with Gasteiger partial charge in [0.25, 0.3) is 0 Å². The van der Waals surface area contributed by atoms with Crippen molar-refractivity contribution in [1.82, 2.24) is 14.5 Å². The Morgan fingerprint density at radius 3 is 2.26 bits per heavy atom. The third-order valence-corrected chi connectivity index (χ3v) is 5.47. The smallest absolute Gasteiger partial charge is 0.417 e. The first kappa shape index (κ1) is 28.0. The topological polar surface area (TPSA) is 129 Å². The number of carboxylic acid groups (broad SMARTS) is 1. The maximum Gasteiger partial charge on any atom is 0.417 e. The van der Waals surface area contributed by atoms with Crippen molar-refractivity contribution in [2.45, 2.75) is 32.3 Å². The van der Waals surface area contributed by atoms with Crippen molar-refractivity contribution in [2.75, 3.05) is 27.8 Å². The highest BCUT2D eigenvalue weighted by Crippen LogP contribution is 2.29. The molecule has 11 nitrogen and oxygen atoms in total. The molecule has 0 aliphatic rings. The average molecular weight is 526 g/mol. The van der Waals surface area contributed by atoms with Crippen molar-refractivity contribution < 1.29 is 38.4 Å². The van der Waals surface area contributed by atoms with E-state index in [1.807, 2.05) is 0 Å². The second-order valence-electron chi connectivity index (χ2n) is 9.38. The monoisotopic (exact) mass is 525 g/mol. The third kappa shape index (κ3) is 6.81. The predicted octanol–water partition coefficient (Wildman–Crippen LogP) is 4.64. The van der Waals surface area contributed by atoms with Crippen LogP contribution in [-0.4, -0.2) is 71.1 Å². The SMILES string of the molecule is COc1ccc(C(=O)Oc2ccc(C(CN(C)C(=O)OC(C)(C)C)c3nccn3C(=O)O)cc2)c(OC)c1. The summed E-state index contributed by atoms with van der Waals surface area (Å²) in [5.41, 5.74) is 0.173. The van der Waals surface area contributed by atoms with Crippen molar-refractivity contribution in [3.05, 3.63) is 71.8 Å². The summed E-state index contributed by atoms with van der Waals surface area (Å²) in [6, 6.07) is 11.3. The van der Waals surface area contributed by atoms with Gasteiger partial charge in [0.1, 0.15) is 34.2 Å². The van der Waals surface area contributed by atoms with Crippen molar-refractivity contribution in [2.24, 2.45) is 0 Å². The Kier molecular flexibility index (Phi) is 8.61. The van der Waals surface area contributed by atoms with Gasteiger partial charge in [0.2, 0.25) is 0 Å². The molecular formula is C27H31N3O8. The van der Waals surface area contributed by atoms with Crippen LogP contribution in [0.3, 0.4) is 0 Å². The molecule has 0 fully saturated rings. The zero-order valence-corrected chi connectivity index (χ0v) is 22.1. The number of imidazole rings is 1. The van der Waals surface area contributed by atoms with Crippen LogP contribution in [0.5, 0.6) is 17.2 Å². The molecule has 0 aliphatic carbocycles. The maximum absolute atomic E-state index is 12.8. The number of esters is 1. The van der Waals surface area contributed by atoms with Crippen molar-refractivity contribution >= 4 is 18.2 Å². The molecule has 11 heteroatoms. The number of likely N-dealkylation sites (N-methyl/N-ethyl adjacent to an activating group) is 1. The molecule has 1 N–H and O–H groups in total. The van der Waals surface area contributed by atoms with Crippen LogP contribution in [0.15, 0.2) is 54.9 Å². The number of carbonyl (C=O) groups is 3. The summed E-state index contributed by atoms with van der Waals surface area (Å²) in [5.74, 6) is 0.0737. The Balaban J connectivity index is 1.86. The van der Waals surface area contributed by atoms with E-state index in [2.05, 4.69) is 4.98 Å². The van der Waals surface area contributed by atoms with E-state index in [0.29, 0.717) is 17.1 Å². The summed E-state index contributed by atoms with van der Waals surface area (Å²) < 4.78 is 22.4. The van der Waals surface area contributed by atoms with Gasteiger partial charge in [-0.25, -0.2) is 23.9 Å². The summed E-state index contributed by atoms with van der Waals surface area (Å²) >= 11 is 0. The average Bonchev–Trinajstić information content (AvgIpc) is 3.36. The Morgan fingerprint density at radius 1 is 1.03 bits per heavy atom. The molecule has 1 amide bonds. The number of methoxy groups -OCH3 is 2. The fourth-order valence-corrected chi connectivity index (χ4v) is 3.66. The second-order valence-corrected chi connectivity index (χ2v) is 9.38. The summed E-state index contributed by atoms with van der Waals surface area (Å²) in [6.45, 7) is 5.36. The van der Waals surface area contributed by atoms with Crippen LogP contribution < -0.4 is 14.2 Å². The standard InChI is InChI=1S/C27H31N3O8/c1-27(2,3)38-26(34)29(4)16-21(23-28-13-14-30(23)25(32)33)17-7-9-18(10-8-17)37-24(31)20-12-11-19(35-5)15-22(20)36-6/h7-15,21H,16H2,1-6H3,(H,32,33). The number of amides is 1. The number of hydrogen-bond donors (Lipinski definition) is 1. The van der Waals surface area contributed by atoms with Gasteiger partial charge >= 0.3 is 18.2 Å². The lowest BCUT2D eigenvalue weighted by atomic mass is 9.97. The summed E-state index contributed by atoms with van der Waals surface area (Å²) in [5, 5.41) is 9.62. The quantitative estimate of drug-likeness (QED) is 0.330. The van der Waals surface area contributed by atoms with E-state index in [1.54, 1.807) is 70.3 Å². The summed E-state index contributed by atoms with van der Waals surface area (Å²) in [7, 11) is 4.51. The second kappa shape index (κ2) is 11.7. The van der Waals surface area contributed by atoms with Crippen LogP contribution >= 0.6 is 0 Å². The number of hydrogen-bond acceptors (Lipinski definition) is 8. The van der Waals surface area contributed by atoms with Crippen LogP contribution in [0.4, 0.5) is 9.59 Å². The first-order valence-electron chi connectivity index (χ1n) is 11.7. The fourth-order valence-electron chi connectivity index (χ4n) is 3.66. The molecule has 2 aromatic carbocycles. The minimum absolute atomic E-state index is 0.0847. The molecule has 0 saturated heterocycles. The highest BCUT2D eigenvalue weighted by atomic mass is 16.6. The molecule has 1 unspecified atom stereocenters. The number of ether oxygens (including phenoxy) is 4. The van der Waals surface area contributed by atoms with Gasteiger partial charge in [-0.15, -0.1) is 0 Å². The Morgan fingerprint density at radius 2 is 1.68 bits per heavy atom. The van der Waals surface area contributed by atoms with Crippen LogP contribution in [0.25, 0.3) is 0 Å². The molecule has 0 aliphatic heterocycles. The van der Waals surface area contributed by atoms with Crippen LogP contribution in [0.2, 0.25) is 0 Å². The largest absolute Gasteiger partial charge is 0.497 e. The fraction of sp³-hybridized carbons (Fsp3) is 0.333. The zero-order chi connectivity index (χ0) is 28.0. The molecule has 1 heterocycles. The van der Waals surface area contributed by atoms with Gasteiger partial charge in [-0.05, 0) is 50.6 Å². The Bertz CT molecular complexity index is 1290. The molecule has 0 saturated carbocycles. The molecule has 0 bridgehead atoms. The highest BCUT2D eigenvalue weighted by molar-refractivity contribution is 5.94. The van der Waals surface area contributed by atoms with E-state index in [-0.39, 0.29) is 23.7 Å². The van der Waals surface area contributed by atoms with Crippen molar-refractivity contribution in [3.8, 4) is 17.2 Å². The number of benzene rings is 2. The molecule has 0 spiro atoms. The summed E-state index contributed by atoms with van der Waals surface area (Å²) in [4.78, 5) is 42.7. The Hall–Kier alpha value is -4.54. The first-order valence-corrected chi connectivity index (χ1v) is 11.7. The van der Waals surface area contributed by atoms with Crippen LogP contribution in [-0.2, 0) is 4.74 Å². The van der Waals surface area contributed by atoms with Crippen molar-refractivity contribution in [3.63, 3.8) is 0 Å². The lowest BCUT2D eigenvalue weighted by Crippen LogP contribution is -2.37. The van der Waals surface area contributed by atoms with Gasteiger partial charge < -0.3 is 29.0 Å². The lowest BCUT2D eigenvalue weighted by molar-refractivity contribution is 0.0292. The normalized spacial score (nSPS) is 11.8. The number of nitrogens with zero attached hydrogens (tertiary/aromatic N) is 3. The van der Waals surface area contributed by atoms with E-state index in [0.717, 1.165) is 4.57 Å². The molecule has 38 heavy (non-hydrogen) atoms. The van der Waals surface area contributed by atoms with Gasteiger partial charge in [-0.3, -0.25) is 0 Å². The zero-order valence-electron chi connectivity index (χ0n) is 22.1. The van der Waals surface area contributed by atoms with Gasteiger partial charge in [0.05, 0.1) is 20.1 Å². The third-order valence-electron chi connectivity index (χ3n) is 5.47. The molecule has 1 aromatic heterocycles. The minimum Gasteiger partial charge on any atom is -0.497 e. The number of rotatable bonds is 8. The van der Waals surface area contributed by atoms with Gasteiger partial charge in [-0.2, -0.15) is 0 Å². The van der Waals surface area contributed by atoms with E-state index in [1.165, 1.54) is 31.5 Å². The molecule has 202 valence electrons. The van der Waals surface area contributed by atoms with E-state index in [9.17, 15) is 19.5 Å². The predicted molar refractivity (Wildman–Crippen MR) is 137 cm³/mol. The number of aromatic nitrogens is 2. The van der Waals surface area contributed by atoms with E-state index in [4.69, 9.17) is 18.9 Å². The summed E-state index contributed by atoms with van der Waals surface area (Å²) in [6.07, 6.45) is 0.940. The molecule has 1 atom stereocenters. The van der Waals surface area contributed by atoms with E-state index >= 15 is 0 Å². The molecule has 3 rings (SSSR count). The molecule has 0 radical (unpaired) electrons. The van der Waals surface area contributed by atoms with Gasteiger partial charge in [0.15, 0.2) is 0 Å². The lowest BCUT2D eigenvalue weighted by Gasteiger charge is -2.27. The van der Waals surface area contributed by atoms with Crippen LogP contribution in [0, 0.1) is 0 Å². The van der Waals surface area contributed by atoms with Gasteiger partial charge in [0, 0.05) is 32.1 Å². The Labute approximate surface area is 220 Å².